The fraction of sp³-hybridized carbons (Fsp3) is 0.333. The average Bonchev–Trinajstić information content (AvgIpc) is 2.65. The molecule has 1 saturated heterocycles. The quantitative estimate of drug-likeness (QED) is 0.586. The summed E-state index contributed by atoms with van der Waals surface area (Å²) in [6.07, 6.45) is -0.766. The van der Waals surface area contributed by atoms with E-state index in [1.165, 1.54) is 6.07 Å². The first-order chi connectivity index (χ1) is 6.70. The molecule has 1 aromatic rings. The van der Waals surface area contributed by atoms with Crippen molar-refractivity contribution in [3.05, 3.63) is 32.9 Å². The van der Waals surface area contributed by atoms with E-state index >= 15 is 0 Å². The molecule has 0 saturated carbocycles. The minimum absolute atomic E-state index is 0.156. The van der Waals surface area contributed by atoms with Gasteiger partial charge in [-0.3, -0.25) is 0 Å². The fourth-order valence-corrected chi connectivity index (χ4v) is 1.95. The molecule has 0 aromatic heterocycles. The summed E-state index contributed by atoms with van der Waals surface area (Å²) in [6, 6.07) is 2.59. The molecule has 5 heteroatoms. The highest BCUT2D eigenvalue weighted by Gasteiger charge is 2.26. The van der Waals surface area contributed by atoms with Crippen LogP contribution >= 0.6 is 22.6 Å². The molecule has 0 aliphatic carbocycles. The number of benzene rings is 1. The van der Waals surface area contributed by atoms with Gasteiger partial charge in [0, 0.05) is 3.57 Å². The summed E-state index contributed by atoms with van der Waals surface area (Å²) in [5.41, 5.74) is 0.156. The SMILES string of the molecule is Fc1ccc(I)c(C2OCCO2)c1F. The highest BCUT2D eigenvalue weighted by Crippen LogP contribution is 2.30. The van der Waals surface area contributed by atoms with Crippen molar-refractivity contribution in [1.29, 1.82) is 0 Å². The van der Waals surface area contributed by atoms with Crippen LogP contribution in [0.3, 0.4) is 0 Å². The van der Waals surface area contributed by atoms with Crippen molar-refractivity contribution in [2.24, 2.45) is 0 Å². The van der Waals surface area contributed by atoms with Crippen LogP contribution in [-0.2, 0) is 9.47 Å². The van der Waals surface area contributed by atoms with Crippen LogP contribution in [0.1, 0.15) is 11.9 Å². The van der Waals surface area contributed by atoms with Crippen LogP contribution in [0.4, 0.5) is 8.78 Å². The summed E-state index contributed by atoms with van der Waals surface area (Å²) in [7, 11) is 0. The summed E-state index contributed by atoms with van der Waals surface area (Å²) in [4.78, 5) is 0. The van der Waals surface area contributed by atoms with Gasteiger partial charge in [-0.15, -0.1) is 0 Å². The minimum atomic E-state index is -0.885. The van der Waals surface area contributed by atoms with E-state index in [0.717, 1.165) is 6.07 Å². The van der Waals surface area contributed by atoms with Crippen LogP contribution in [-0.4, -0.2) is 13.2 Å². The van der Waals surface area contributed by atoms with Crippen LogP contribution < -0.4 is 0 Å². The van der Waals surface area contributed by atoms with Gasteiger partial charge in [-0.1, -0.05) is 0 Å². The second-order valence-corrected chi connectivity index (χ2v) is 3.99. The lowest BCUT2D eigenvalue weighted by Crippen LogP contribution is -2.06. The molecule has 0 spiro atoms. The van der Waals surface area contributed by atoms with Gasteiger partial charge in [-0.2, -0.15) is 0 Å². The zero-order valence-electron chi connectivity index (χ0n) is 7.10. The van der Waals surface area contributed by atoms with Crippen LogP contribution in [0, 0.1) is 15.2 Å². The third kappa shape index (κ3) is 1.76. The molecule has 0 radical (unpaired) electrons. The van der Waals surface area contributed by atoms with Gasteiger partial charge in [0.2, 0.25) is 0 Å². The monoisotopic (exact) mass is 312 g/mol. The number of hydrogen-bond donors (Lipinski definition) is 0. The fourth-order valence-electron chi connectivity index (χ4n) is 1.28. The summed E-state index contributed by atoms with van der Waals surface area (Å²) in [5.74, 6) is -1.76. The van der Waals surface area contributed by atoms with Crippen LogP contribution in [0.15, 0.2) is 12.1 Å². The maximum atomic E-state index is 13.4. The van der Waals surface area contributed by atoms with Gasteiger partial charge in [0.25, 0.3) is 0 Å². The largest absolute Gasteiger partial charge is 0.346 e. The van der Waals surface area contributed by atoms with E-state index in [1.807, 2.05) is 22.6 Å². The molecule has 2 rings (SSSR count). The van der Waals surface area contributed by atoms with E-state index in [0.29, 0.717) is 16.8 Å². The Morgan fingerprint density at radius 3 is 2.50 bits per heavy atom. The molecular formula is C9H7F2IO2. The molecule has 1 aromatic carbocycles. The Kier molecular flexibility index (Phi) is 2.99. The van der Waals surface area contributed by atoms with Crippen molar-refractivity contribution in [2.45, 2.75) is 6.29 Å². The summed E-state index contributed by atoms with van der Waals surface area (Å²) >= 11 is 1.93. The second kappa shape index (κ2) is 4.08. The topological polar surface area (TPSA) is 18.5 Å². The van der Waals surface area contributed by atoms with Crippen LogP contribution in [0.2, 0.25) is 0 Å². The highest BCUT2D eigenvalue weighted by molar-refractivity contribution is 14.1. The molecule has 1 fully saturated rings. The van der Waals surface area contributed by atoms with Crippen molar-refractivity contribution in [3.63, 3.8) is 0 Å². The van der Waals surface area contributed by atoms with Gasteiger partial charge >= 0.3 is 0 Å². The van der Waals surface area contributed by atoms with Crippen molar-refractivity contribution in [1.82, 2.24) is 0 Å². The standard InChI is InChI=1S/C9H7F2IO2/c10-5-1-2-6(12)7(8(5)11)9-13-3-4-14-9/h1-2,9H,3-4H2. The summed E-state index contributed by atoms with van der Waals surface area (Å²) in [5, 5.41) is 0. The number of halogens is 3. The zero-order chi connectivity index (χ0) is 10.1. The van der Waals surface area contributed by atoms with Crippen LogP contribution in [0.25, 0.3) is 0 Å². The minimum Gasteiger partial charge on any atom is -0.346 e. The van der Waals surface area contributed by atoms with E-state index in [2.05, 4.69) is 0 Å². The Labute approximate surface area is 93.3 Å². The first kappa shape index (κ1) is 10.3. The highest BCUT2D eigenvalue weighted by atomic mass is 127. The van der Waals surface area contributed by atoms with Gasteiger partial charge in [-0.25, -0.2) is 8.78 Å². The second-order valence-electron chi connectivity index (χ2n) is 2.83. The molecule has 1 heterocycles. The van der Waals surface area contributed by atoms with Gasteiger partial charge in [0.1, 0.15) is 0 Å². The average molecular weight is 312 g/mol. The van der Waals surface area contributed by atoms with Gasteiger partial charge in [0.05, 0.1) is 18.8 Å². The maximum Gasteiger partial charge on any atom is 0.187 e. The Bertz CT molecular complexity index is 351. The maximum absolute atomic E-state index is 13.4. The van der Waals surface area contributed by atoms with E-state index in [-0.39, 0.29) is 5.56 Å². The molecular weight excluding hydrogens is 305 g/mol. The van der Waals surface area contributed by atoms with Gasteiger partial charge < -0.3 is 9.47 Å². The van der Waals surface area contributed by atoms with Gasteiger partial charge in [0.15, 0.2) is 17.9 Å². The predicted molar refractivity (Wildman–Crippen MR) is 53.7 cm³/mol. The van der Waals surface area contributed by atoms with Crippen molar-refractivity contribution >= 4 is 22.6 Å². The van der Waals surface area contributed by atoms with Crippen molar-refractivity contribution in [3.8, 4) is 0 Å². The molecule has 0 amide bonds. The lowest BCUT2D eigenvalue weighted by Gasteiger charge is -2.12. The Morgan fingerprint density at radius 1 is 1.21 bits per heavy atom. The molecule has 14 heavy (non-hydrogen) atoms. The molecule has 0 bridgehead atoms. The lowest BCUT2D eigenvalue weighted by molar-refractivity contribution is -0.0474. The first-order valence-electron chi connectivity index (χ1n) is 4.07. The molecule has 1 aliphatic rings. The zero-order valence-corrected chi connectivity index (χ0v) is 9.25. The van der Waals surface area contributed by atoms with E-state index in [4.69, 9.17) is 9.47 Å². The molecule has 76 valence electrons. The van der Waals surface area contributed by atoms with Crippen molar-refractivity contribution < 1.29 is 18.3 Å². The van der Waals surface area contributed by atoms with E-state index in [9.17, 15) is 8.78 Å². The Hall–Kier alpha value is -0.270. The third-order valence-electron chi connectivity index (χ3n) is 1.94. The smallest absolute Gasteiger partial charge is 0.187 e. The molecule has 0 N–H and O–H groups in total. The number of rotatable bonds is 1. The number of ether oxygens (including phenoxy) is 2. The lowest BCUT2D eigenvalue weighted by atomic mass is 10.2. The first-order valence-corrected chi connectivity index (χ1v) is 5.14. The third-order valence-corrected chi connectivity index (χ3v) is 2.88. The predicted octanol–water partition coefficient (Wildman–Crippen LogP) is 2.61. The molecule has 0 unspecified atom stereocenters. The van der Waals surface area contributed by atoms with Crippen molar-refractivity contribution in [2.75, 3.05) is 13.2 Å². The molecule has 1 aliphatic heterocycles. The molecule has 2 nitrogen and oxygen atoms in total. The Balaban J connectivity index is 2.44. The molecule has 0 atom stereocenters. The Morgan fingerprint density at radius 2 is 1.86 bits per heavy atom. The summed E-state index contributed by atoms with van der Waals surface area (Å²) in [6.45, 7) is 0.827. The van der Waals surface area contributed by atoms with E-state index < -0.39 is 17.9 Å². The van der Waals surface area contributed by atoms with E-state index in [1.54, 1.807) is 0 Å². The van der Waals surface area contributed by atoms with Gasteiger partial charge in [-0.05, 0) is 34.7 Å². The van der Waals surface area contributed by atoms with Crippen LogP contribution in [0.5, 0.6) is 0 Å². The number of hydrogen-bond acceptors (Lipinski definition) is 2. The summed E-state index contributed by atoms with van der Waals surface area (Å²) < 4.78 is 37.1. The normalized spacial score (nSPS) is 17.6.